The molecule has 2 rings (SSSR count). The summed E-state index contributed by atoms with van der Waals surface area (Å²) in [6, 6.07) is 0. The van der Waals surface area contributed by atoms with Crippen LogP contribution in [0.3, 0.4) is 0 Å². The van der Waals surface area contributed by atoms with Crippen LogP contribution in [0.4, 0.5) is 0 Å². The Morgan fingerprint density at radius 1 is 1.77 bits per heavy atom. The summed E-state index contributed by atoms with van der Waals surface area (Å²) in [6.45, 7) is 2.40. The Bertz CT molecular complexity index is 311. The molecule has 1 aromatic rings. The molecule has 6 nitrogen and oxygen atoms in total. The molecule has 1 aromatic heterocycles. The summed E-state index contributed by atoms with van der Waals surface area (Å²) in [5.41, 5.74) is -0.740. The molecule has 6 heteroatoms. The maximum atomic E-state index is 11.5. The highest BCUT2D eigenvalue weighted by Gasteiger charge is 2.40. The molecule has 0 atom stereocenters. The number of aromatic nitrogens is 3. The molecule has 13 heavy (non-hydrogen) atoms. The molecule has 0 unspecified atom stereocenters. The monoisotopic (exact) mass is 182 g/mol. The van der Waals surface area contributed by atoms with Gasteiger partial charge in [0.05, 0.1) is 18.7 Å². The first kappa shape index (κ1) is 8.18. The molecule has 0 aliphatic carbocycles. The third-order valence-corrected chi connectivity index (χ3v) is 1.97. The molecule has 0 bridgehead atoms. The van der Waals surface area contributed by atoms with E-state index in [1.165, 1.54) is 11.2 Å². The molecule has 0 radical (unpaired) electrons. The Labute approximate surface area is 74.6 Å². The molecule has 0 aromatic carbocycles. The van der Waals surface area contributed by atoms with E-state index in [0.29, 0.717) is 13.1 Å². The zero-order valence-corrected chi connectivity index (χ0v) is 7.19. The Kier molecular flexibility index (Phi) is 1.59. The van der Waals surface area contributed by atoms with Gasteiger partial charge < -0.3 is 10.0 Å². The minimum Gasteiger partial charge on any atom is -0.386 e. The van der Waals surface area contributed by atoms with E-state index in [-0.39, 0.29) is 11.7 Å². The Hall–Kier alpha value is -1.43. The second-order valence-corrected chi connectivity index (χ2v) is 3.49. The van der Waals surface area contributed by atoms with Crippen LogP contribution in [-0.4, -0.2) is 49.8 Å². The molecular formula is C7H10N4O2. The van der Waals surface area contributed by atoms with Gasteiger partial charge in [-0.05, 0) is 6.92 Å². The Morgan fingerprint density at radius 2 is 2.46 bits per heavy atom. The van der Waals surface area contributed by atoms with Gasteiger partial charge in [-0.2, -0.15) is 5.10 Å². The molecule has 2 heterocycles. The van der Waals surface area contributed by atoms with Gasteiger partial charge in [-0.15, -0.1) is 0 Å². The standard InChI is InChI=1S/C7H10N4O2/c1-7(13)2-11(3-7)6(12)5-8-4-9-10-5/h4,13H,2-3H2,1H3,(H,8,9,10). The summed E-state index contributed by atoms with van der Waals surface area (Å²) < 4.78 is 0. The van der Waals surface area contributed by atoms with Crippen molar-refractivity contribution in [3.63, 3.8) is 0 Å². The second-order valence-electron chi connectivity index (χ2n) is 3.49. The maximum Gasteiger partial charge on any atom is 0.291 e. The first-order valence-corrected chi connectivity index (χ1v) is 3.95. The summed E-state index contributed by atoms with van der Waals surface area (Å²) in [7, 11) is 0. The number of likely N-dealkylation sites (tertiary alicyclic amines) is 1. The fourth-order valence-electron chi connectivity index (χ4n) is 1.38. The topological polar surface area (TPSA) is 82.1 Å². The van der Waals surface area contributed by atoms with E-state index in [9.17, 15) is 9.90 Å². The number of hydrogen-bond acceptors (Lipinski definition) is 4. The van der Waals surface area contributed by atoms with Crippen LogP contribution >= 0.6 is 0 Å². The summed E-state index contributed by atoms with van der Waals surface area (Å²) in [5.74, 6) is -0.000440. The van der Waals surface area contributed by atoms with E-state index in [1.54, 1.807) is 6.92 Å². The number of H-pyrrole nitrogens is 1. The number of carbonyl (C=O) groups excluding carboxylic acids is 1. The third kappa shape index (κ3) is 1.40. The smallest absolute Gasteiger partial charge is 0.291 e. The van der Waals surface area contributed by atoms with Crippen LogP contribution in [0.5, 0.6) is 0 Å². The highest BCUT2D eigenvalue weighted by Crippen LogP contribution is 2.20. The zero-order chi connectivity index (χ0) is 9.47. The minimum absolute atomic E-state index is 0.218. The largest absolute Gasteiger partial charge is 0.386 e. The predicted molar refractivity (Wildman–Crippen MR) is 42.9 cm³/mol. The summed E-state index contributed by atoms with van der Waals surface area (Å²) in [4.78, 5) is 16.7. The molecule has 1 amide bonds. The maximum absolute atomic E-state index is 11.5. The molecule has 1 fully saturated rings. The van der Waals surface area contributed by atoms with Gasteiger partial charge in [0.25, 0.3) is 5.91 Å². The van der Waals surface area contributed by atoms with Gasteiger partial charge in [-0.1, -0.05) is 0 Å². The highest BCUT2D eigenvalue weighted by atomic mass is 16.3. The van der Waals surface area contributed by atoms with Crippen LogP contribution in [-0.2, 0) is 0 Å². The van der Waals surface area contributed by atoms with E-state index in [2.05, 4.69) is 15.2 Å². The lowest BCUT2D eigenvalue weighted by Gasteiger charge is -2.43. The van der Waals surface area contributed by atoms with Crippen molar-refractivity contribution >= 4 is 5.91 Å². The molecule has 2 N–H and O–H groups in total. The van der Waals surface area contributed by atoms with Crippen LogP contribution in [0.1, 0.15) is 17.5 Å². The predicted octanol–water partition coefficient (Wildman–Crippen LogP) is -0.989. The molecule has 1 aliphatic heterocycles. The number of aromatic amines is 1. The quantitative estimate of drug-likeness (QED) is 0.584. The molecule has 0 spiro atoms. The number of rotatable bonds is 1. The van der Waals surface area contributed by atoms with E-state index in [1.807, 2.05) is 0 Å². The molecule has 1 aliphatic rings. The van der Waals surface area contributed by atoms with Crippen LogP contribution in [0.25, 0.3) is 0 Å². The van der Waals surface area contributed by atoms with Gasteiger partial charge in [0.1, 0.15) is 6.33 Å². The number of carbonyl (C=O) groups is 1. The van der Waals surface area contributed by atoms with Crippen molar-refractivity contribution in [2.24, 2.45) is 0 Å². The van der Waals surface area contributed by atoms with E-state index >= 15 is 0 Å². The molecule has 0 saturated carbocycles. The summed E-state index contributed by atoms with van der Waals surface area (Å²) in [6.07, 6.45) is 1.28. The van der Waals surface area contributed by atoms with E-state index in [0.717, 1.165) is 0 Å². The fraction of sp³-hybridized carbons (Fsp3) is 0.571. The third-order valence-electron chi connectivity index (χ3n) is 1.97. The normalized spacial score (nSPS) is 19.7. The van der Waals surface area contributed by atoms with Crippen molar-refractivity contribution < 1.29 is 9.90 Å². The summed E-state index contributed by atoms with van der Waals surface area (Å²) in [5, 5.41) is 15.4. The first-order valence-electron chi connectivity index (χ1n) is 3.95. The zero-order valence-electron chi connectivity index (χ0n) is 7.19. The van der Waals surface area contributed by atoms with Crippen molar-refractivity contribution in [1.29, 1.82) is 0 Å². The van der Waals surface area contributed by atoms with Gasteiger partial charge in [-0.25, -0.2) is 4.98 Å². The van der Waals surface area contributed by atoms with Crippen molar-refractivity contribution in [1.82, 2.24) is 20.1 Å². The lowest BCUT2D eigenvalue weighted by Crippen LogP contribution is -2.61. The van der Waals surface area contributed by atoms with E-state index < -0.39 is 5.60 Å². The number of nitrogens with zero attached hydrogens (tertiary/aromatic N) is 3. The first-order chi connectivity index (χ1) is 6.08. The van der Waals surface area contributed by atoms with Gasteiger partial charge in [-0.3, -0.25) is 9.89 Å². The number of amides is 1. The number of hydrogen-bond donors (Lipinski definition) is 2. The highest BCUT2D eigenvalue weighted by molar-refractivity contribution is 5.91. The lowest BCUT2D eigenvalue weighted by molar-refractivity contribution is -0.0672. The van der Waals surface area contributed by atoms with Crippen LogP contribution in [0, 0.1) is 0 Å². The Morgan fingerprint density at radius 3 is 2.92 bits per heavy atom. The van der Waals surface area contributed by atoms with Crippen molar-refractivity contribution in [3.05, 3.63) is 12.2 Å². The van der Waals surface area contributed by atoms with Gasteiger partial charge in [0, 0.05) is 0 Å². The van der Waals surface area contributed by atoms with E-state index in [4.69, 9.17) is 0 Å². The van der Waals surface area contributed by atoms with Crippen LogP contribution < -0.4 is 0 Å². The minimum atomic E-state index is -0.740. The van der Waals surface area contributed by atoms with Gasteiger partial charge in [0.2, 0.25) is 5.82 Å². The summed E-state index contributed by atoms with van der Waals surface area (Å²) >= 11 is 0. The average Bonchev–Trinajstić information content (AvgIpc) is 2.50. The SMILES string of the molecule is CC1(O)CN(C(=O)c2ncn[nH]2)C1. The van der Waals surface area contributed by atoms with Crippen molar-refractivity contribution in [3.8, 4) is 0 Å². The average molecular weight is 182 g/mol. The second kappa shape index (κ2) is 2.53. The van der Waals surface area contributed by atoms with Gasteiger partial charge in [0.15, 0.2) is 0 Å². The molecule has 1 saturated heterocycles. The number of nitrogens with one attached hydrogen (secondary N) is 1. The molecule has 70 valence electrons. The van der Waals surface area contributed by atoms with Crippen molar-refractivity contribution in [2.75, 3.05) is 13.1 Å². The number of aliphatic hydroxyl groups is 1. The molecular weight excluding hydrogens is 172 g/mol. The van der Waals surface area contributed by atoms with Crippen LogP contribution in [0.2, 0.25) is 0 Å². The van der Waals surface area contributed by atoms with Crippen molar-refractivity contribution in [2.45, 2.75) is 12.5 Å². The lowest BCUT2D eigenvalue weighted by atomic mass is 9.97. The number of β-amino-alcohol motifs (C(OH)–C–C–N with tert-alkyl or cyclic N) is 1. The fourth-order valence-corrected chi connectivity index (χ4v) is 1.38. The Balaban J connectivity index is 2.02. The van der Waals surface area contributed by atoms with Gasteiger partial charge >= 0.3 is 0 Å². The van der Waals surface area contributed by atoms with Crippen LogP contribution in [0.15, 0.2) is 6.33 Å².